The summed E-state index contributed by atoms with van der Waals surface area (Å²) in [4.78, 5) is 15.3. The molecule has 3 aromatic heterocycles. The SMILES string of the molecule is C=Cc1c(C2=CC(C)(c3ccccc3)C(c3c(C=C)n(-c4cccc(-c5nc(-c6ccccc6)nc(-c6ccccc6)n5)c4)c4ccccc34)=CC2(C)c2ccccc2)c2ccccc2n1-c1cccc(-c2ccccc2)c1. The fourth-order valence-electron chi connectivity index (χ4n) is 11.9. The zero-order valence-corrected chi connectivity index (χ0v) is 43.6. The first kappa shape index (κ1) is 47.7. The zero-order valence-electron chi connectivity index (χ0n) is 43.6. The van der Waals surface area contributed by atoms with Crippen LogP contribution in [0.25, 0.3) is 102 Å². The van der Waals surface area contributed by atoms with E-state index in [-0.39, 0.29) is 0 Å². The van der Waals surface area contributed by atoms with Gasteiger partial charge in [-0.1, -0.05) is 238 Å². The Morgan fingerprint density at radius 1 is 0.346 bits per heavy atom. The molecule has 9 aromatic carbocycles. The number of para-hydroxylation sites is 2. The van der Waals surface area contributed by atoms with E-state index in [0.717, 1.165) is 77.9 Å². The van der Waals surface area contributed by atoms with Crippen molar-refractivity contribution in [3.8, 4) is 56.7 Å². The lowest BCUT2D eigenvalue weighted by Gasteiger charge is -2.43. The fraction of sp³-hybridized carbons (Fsp3) is 0.0548. The van der Waals surface area contributed by atoms with E-state index in [9.17, 15) is 0 Å². The maximum atomic E-state index is 5.14. The van der Waals surface area contributed by atoms with Gasteiger partial charge in [0.05, 0.1) is 22.4 Å². The fourth-order valence-corrected chi connectivity index (χ4v) is 11.9. The van der Waals surface area contributed by atoms with Crippen LogP contribution in [0.2, 0.25) is 0 Å². The first-order valence-electron chi connectivity index (χ1n) is 26.6. The Labute approximate surface area is 455 Å². The van der Waals surface area contributed by atoms with E-state index in [1.165, 1.54) is 27.8 Å². The maximum Gasteiger partial charge on any atom is 0.164 e. The summed E-state index contributed by atoms with van der Waals surface area (Å²) in [7, 11) is 0. The lowest BCUT2D eigenvalue weighted by atomic mass is 9.59. The van der Waals surface area contributed by atoms with Gasteiger partial charge in [-0.15, -0.1) is 0 Å². The molecule has 0 N–H and O–H groups in total. The summed E-state index contributed by atoms with van der Waals surface area (Å²) in [5.41, 5.74) is 17.0. The Morgan fingerprint density at radius 2 is 0.679 bits per heavy atom. The van der Waals surface area contributed by atoms with Gasteiger partial charge >= 0.3 is 0 Å². The third kappa shape index (κ3) is 8.07. The number of fused-ring (bicyclic) bond motifs is 2. The molecule has 0 fully saturated rings. The van der Waals surface area contributed by atoms with Crippen molar-refractivity contribution >= 4 is 45.1 Å². The molecule has 13 rings (SSSR count). The topological polar surface area (TPSA) is 48.5 Å². The van der Waals surface area contributed by atoms with E-state index >= 15 is 0 Å². The van der Waals surface area contributed by atoms with Gasteiger partial charge in [0.2, 0.25) is 0 Å². The second-order valence-electron chi connectivity index (χ2n) is 20.4. The lowest BCUT2D eigenvalue weighted by Crippen LogP contribution is -2.34. The van der Waals surface area contributed by atoms with E-state index < -0.39 is 10.8 Å². The second-order valence-corrected chi connectivity index (χ2v) is 20.4. The van der Waals surface area contributed by atoms with Gasteiger partial charge in [-0.2, -0.15) is 0 Å². The molecule has 0 saturated heterocycles. The molecule has 5 heteroatoms. The van der Waals surface area contributed by atoms with Crippen LogP contribution in [0.5, 0.6) is 0 Å². The van der Waals surface area contributed by atoms with Crippen LogP contribution in [-0.4, -0.2) is 24.1 Å². The Kier molecular flexibility index (Phi) is 12.0. The highest BCUT2D eigenvalue weighted by atomic mass is 15.0. The van der Waals surface area contributed by atoms with Crippen molar-refractivity contribution in [2.75, 3.05) is 0 Å². The minimum absolute atomic E-state index is 0.591. The van der Waals surface area contributed by atoms with Crippen molar-refractivity contribution < 1.29 is 0 Å². The van der Waals surface area contributed by atoms with Crippen molar-refractivity contribution in [1.29, 1.82) is 0 Å². The highest BCUT2D eigenvalue weighted by Gasteiger charge is 2.45. The monoisotopic (exact) mass is 1000 g/mol. The number of nitrogens with zero attached hydrogens (tertiary/aromatic N) is 5. The number of benzene rings is 9. The quantitative estimate of drug-likeness (QED) is 0.123. The minimum Gasteiger partial charge on any atom is -0.309 e. The first-order valence-corrected chi connectivity index (χ1v) is 26.6. The molecule has 0 saturated carbocycles. The van der Waals surface area contributed by atoms with Gasteiger partial charge in [-0.05, 0) is 95.8 Å². The predicted molar refractivity (Wildman–Crippen MR) is 325 cm³/mol. The van der Waals surface area contributed by atoms with Crippen LogP contribution in [0.1, 0.15) is 47.5 Å². The third-order valence-corrected chi connectivity index (χ3v) is 15.8. The molecular weight excluding hydrogens is 947 g/mol. The molecule has 5 nitrogen and oxygen atoms in total. The summed E-state index contributed by atoms with van der Waals surface area (Å²) in [6, 6.07) is 87.8. The van der Waals surface area contributed by atoms with Gasteiger partial charge in [-0.25, -0.2) is 15.0 Å². The minimum atomic E-state index is -0.666. The van der Waals surface area contributed by atoms with Gasteiger partial charge in [-0.3, -0.25) is 0 Å². The summed E-state index contributed by atoms with van der Waals surface area (Å²) < 4.78 is 4.76. The van der Waals surface area contributed by atoms with Crippen molar-refractivity contribution in [3.05, 3.63) is 308 Å². The molecule has 12 aromatic rings. The number of rotatable bonds is 12. The average Bonchev–Trinajstić information content (AvgIpc) is 4.22. The van der Waals surface area contributed by atoms with Crippen LogP contribution in [0.15, 0.2) is 274 Å². The molecule has 2 atom stereocenters. The first-order chi connectivity index (χ1) is 38.3. The average molecular weight is 1000 g/mol. The van der Waals surface area contributed by atoms with E-state index in [2.05, 4.69) is 242 Å². The Morgan fingerprint density at radius 3 is 1.10 bits per heavy atom. The third-order valence-electron chi connectivity index (χ3n) is 15.8. The van der Waals surface area contributed by atoms with Gasteiger partial charge in [0, 0.05) is 60.8 Å². The number of aromatic nitrogens is 5. The Bertz CT molecular complexity index is 4240. The molecule has 3 heterocycles. The molecule has 1 aliphatic carbocycles. The molecule has 0 aliphatic heterocycles. The Balaban J connectivity index is 1.04. The molecule has 2 unspecified atom stereocenters. The Hall–Kier alpha value is -9.97. The van der Waals surface area contributed by atoms with E-state index in [1.54, 1.807) is 0 Å². The number of hydrogen-bond acceptors (Lipinski definition) is 3. The summed E-state index contributed by atoms with van der Waals surface area (Å²) in [6.07, 6.45) is 9.22. The smallest absolute Gasteiger partial charge is 0.164 e. The van der Waals surface area contributed by atoms with Gasteiger partial charge < -0.3 is 9.13 Å². The predicted octanol–water partition coefficient (Wildman–Crippen LogP) is 18.1. The van der Waals surface area contributed by atoms with Crippen molar-refractivity contribution in [3.63, 3.8) is 0 Å². The van der Waals surface area contributed by atoms with E-state index in [1.807, 2.05) is 66.7 Å². The van der Waals surface area contributed by atoms with Crippen molar-refractivity contribution in [1.82, 2.24) is 24.1 Å². The second kappa shape index (κ2) is 19.6. The van der Waals surface area contributed by atoms with E-state index in [0.29, 0.717) is 17.5 Å². The lowest BCUT2D eigenvalue weighted by molar-refractivity contribution is 0.699. The summed E-state index contributed by atoms with van der Waals surface area (Å²) >= 11 is 0. The number of allylic oxidation sites excluding steroid dienone is 4. The van der Waals surface area contributed by atoms with Crippen LogP contribution in [0, 0.1) is 0 Å². The van der Waals surface area contributed by atoms with Gasteiger partial charge in [0.15, 0.2) is 17.5 Å². The largest absolute Gasteiger partial charge is 0.309 e. The molecule has 0 amide bonds. The molecule has 0 spiro atoms. The normalized spacial score (nSPS) is 16.2. The molecule has 0 radical (unpaired) electrons. The zero-order chi connectivity index (χ0) is 52.8. The highest BCUT2D eigenvalue weighted by Crippen LogP contribution is 2.57. The van der Waals surface area contributed by atoms with Crippen LogP contribution >= 0.6 is 0 Å². The van der Waals surface area contributed by atoms with E-state index in [4.69, 9.17) is 15.0 Å². The molecule has 78 heavy (non-hydrogen) atoms. The van der Waals surface area contributed by atoms with Crippen molar-refractivity contribution in [2.24, 2.45) is 0 Å². The molecule has 1 aliphatic rings. The molecule has 372 valence electrons. The van der Waals surface area contributed by atoms with Crippen LogP contribution in [0.3, 0.4) is 0 Å². The number of hydrogen-bond donors (Lipinski definition) is 0. The molecule has 0 bridgehead atoms. The highest BCUT2D eigenvalue weighted by molar-refractivity contribution is 6.07. The van der Waals surface area contributed by atoms with Crippen LogP contribution in [0.4, 0.5) is 0 Å². The maximum absolute atomic E-state index is 5.14. The van der Waals surface area contributed by atoms with Crippen LogP contribution in [-0.2, 0) is 10.8 Å². The van der Waals surface area contributed by atoms with Gasteiger partial charge in [0.25, 0.3) is 0 Å². The van der Waals surface area contributed by atoms with Gasteiger partial charge in [0.1, 0.15) is 0 Å². The standard InChI is InChI=1S/C73H55N5/c1-5-63-67(59-42-22-24-44-65(59)77(63)57-40-26-34-53(46-57)50-28-12-7-13-29-50)61-48-73(4,56-38-20-11-21-39-56)62(49-72(61,3)55-36-18-10-19-37-55)68-60-43-23-25-45-66(60)78(64(68)6-2)58-41-27-35-54(47-58)71-75-69(51-30-14-8-15-31-51)74-70(76-71)52-32-16-9-17-33-52/h5-49H,1-2H2,3-4H3. The van der Waals surface area contributed by atoms with Crippen molar-refractivity contribution in [2.45, 2.75) is 24.7 Å². The summed E-state index contributed by atoms with van der Waals surface area (Å²) in [5.74, 6) is 1.82. The summed E-state index contributed by atoms with van der Waals surface area (Å²) in [5, 5.41) is 2.28. The summed E-state index contributed by atoms with van der Waals surface area (Å²) in [6.45, 7) is 14.0. The molecular formula is C73H55N5. The van der Waals surface area contributed by atoms with Crippen LogP contribution < -0.4 is 0 Å².